The van der Waals surface area contributed by atoms with Gasteiger partial charge in [0.05, 0.1) is 11.0 Å². The zero-order chi connectivity index (χ0) is 21.4. The number of hydrogen-bond acceptors (Lipinski definition) is 3. The van der Waals surface area contributed by atoms with Crippen molar-refractivity contribution in [1.82, 2.24) is 14.5 Å². The van der Waals surface area contributed by atoms with E-state index in [0.29, 0.717) is 5.92 Å². The number of aromatic nitrogens is 2. The number of hydrogen-bond donors (Lipinski definition) is 0. The van der Waals surface area contributed by atoms with Crippen LogP contribution in [-0.2, 0) is 17.7 Å². The van der Waals surface area contributed by atoms with E-state index in [9.17, 15) is 4.79 Å². The van der Waals surface area contributed by atoms with Crippen LogP contribution in [0.25, 0.3) is 11.0 Å². The molecule has 156 valence electrons. The third-order valence-electron chi connectivity index (χ3n) is 5.25. The third kappa shape index (κ3) is 5.77. The van der Waals surface area contributed by atoms with Gasteiger partial charge in [-0.3, -0.25) is 0 Å². The minimum absolute atomic E-state index is 0.157. The molecule has 29 heavy (non-hydrogen) atoms. The van der Waals surface area contributed by atoms with Crippen LogP contribution in [0.5, 0.6) is 0 Å². The summed E-state index contributed by atoms with van der Waals surface area (Å²) in [5.41, 5.74) is 2.57. The van der Waals surface area contributed by atoms with Crippen LogP contribution in [0.15, 0.2) is 18.2 Å². The zero-order valence-electron chi connectivity index (χ0n) is 18.8. The lowest BCUT2D eigenvalue weighted by Crippen LogP contribution is -2.42. The van der Waals surface area contributed by atoms with Crippen molar-refractivity contribution in [2.24, 2.45) is 11.3 Å². The van der Waals surface area contributed by atoms with Crippen molar-refractivity contribution < 1.29 is 9.53 Å². The molecule has 0 aliphatic carbocycles. The Bertz CT molecular complexity index is 869. The van der Waals surface area contributed by atoms with Crippen LogP contribution in [0, 0.1) is 11.3 Å². The number of ether oxygens (including phenoxy) is 1. The van der Waals surface area contributed by atoms with Crippen LogP contribution in [-0.4, -0.2) is 47.1 Å². The van der Waals surface area contributed by atoms with Gasteiger partial charge in [-0.05, 0) is 57.1 Å². The SMILES string of the molecule is [B]c1ccc2c(c1)nc(CC(C)(C)C)n2CC1CCN(C(=O)OC(C)(C)C)CC1. The summed E-state index contributed by atoms with van der Waals surface area (Å²) in [6.45, 7) is 14.9. The number of benzene rings is 1. The minimum Gasteiger partial charge on any atom is -0.444 e. The van der Waals surface area contributed by atoms with Crippen LogP contribution in [0.1, 0.15) is 60.2 Å². The first kappa shape index (κ1) is 21.7. The summed E-state index contributed by atoms with van der Waals surface area (Å²) in [6, 6.07) is 6.00. The number of piperidine rings is 1. The molecule has 2 aromatic rings. The molecule has 1 saturated heterocycles. The monoisotopic (exact) mass is 395 g/mol. The molecule has 2 radical (unpaired) electrons. The molecule has 0 N–H and O–H groups in total. The third-order valence-corrected chi connectivity index (χ3v) is 5.25. The topological polar surface area (TPSA) is 47.4 Å². The van der Waals surface area contributed by atoms with Gasteiger partial charge in [0.1, 0.15) is 19.3 Å². The second kappa shape index (κ2) is 8.04. The lowest BCUT2D eigenvalue weighted by Gasteiger charge is -2.34. The van der Waals surface area contributed by atoms with E-state index in [2.05, 4.69) is 31.4 Å². The van der Waals surface area contributed by atoms with Crippen molar-refractivity contribution in [3.63, 3.8) is 0 Å². The first-order valence-corrected chi connectivity index (χ1v) is 10.6. The van der Waals surface area contributed by atoms with E-state index in [4.69, 9.17) is 17.6 Å². The van der Waals surface area contributed by atoms with Crippen molar-refractivity contribution in [3.05, 3.63) is 24.0 Å². The predicted molar refractivity (Wildman–Crippen MR) is 119 cm³/mol. The molecule has 1 aromatic heterocycles. The average Bonchev–Trinajstić information content (AvgIpc) is 2.88. The Balaban J connectivity index is 1.73. The van der Waals surface area contributed by atoms with Gasteiger partial charge in [0.25, 0.3) is 0 Å². The van der Waals surface area contributed by atoms with E-state index in [-0.39, 0.29) is 11.5 Å². The van der Waals surface area contributed by atoms with Gasteiger partial charge in [-0.15, -0.1) is 0 Å². The lowest BCUT2D eigenvalue weighted by molar-refractivity contribution is 0.0178. The molecule has 1 aliphatic heterocycles. The first-order valence-electron chi connectivity index (χ1n) is 10.6. The maximum absolute atomic E-state index is 12.3. The van der Waals surface area contributed by atoms with Crippen molar-refractivity contribution in [3.8, 4) is 0 Å². The van der Waals surface area contributed by atoms with Gasteiger partial charge in [0.15, 0.2) is 0 Å². The van der Waals surface area contributed by atoms with Crippen LogP contribution in [0.4, 0.5) is 4.79 Å². The van der Waals surface area contributed by atoms with Crippen molar-refractivity contribution in [2.45, 2.75) is 73.0 Å². The fraction of sp³-hybridized carbons (Fsp3) is 0.652. The first-order chi connectivity index (χ1) is 13.4. The van der Waals surface area contributed by atoms with Crippen molar-refractivity contribution >= 4 is 30.4 Å². The number of likely N-dealkylation sites (tertiary alicyclic amines) is 1. The Labute approximate surface area is 176 Å². The largest absolute Gasteiger partial charge is 0.444 e. The van der Waals surface area contributed by atoms with E-state index in [1.807, 2.05) is 37.8 Å². The molecule has 1 aliphatic rings. The fourth-order valence-corrected chi connectivity index (χ4v) is 3.89. The number of carbonyl (C=O) groups is 1. The predicted octanol–water partition coefficient (Wildman–Crippen LogP) is 4.07. The Morgan fingerprint density at radius 3 is 2.41 bits per heavy atom. The number of carbonyl (C=O) groups excluding carboxylic acids is 1. The highest BCUT2D eigenvalue weighted by molar-refractivity contribution is 6.33. The van der Waals surface area contributed by atoms with Crippen molar-refractivity contribution in [2.75, 3.05) is 13.1 Å². The Morgan fingerprint density at radius 1 is 1.17 bits per heavy atom. The Morgan fingerprint density at radius 2 is 1.83 bits per heavy atom. The zero-order valence-corrected chi connectivity index (χ0v) is 18.8. The van der Waals surface area contributed by atoms with Gasteiger partial charge in [-0.1, -0.05) is 32.3 Å². The van der Waals surface area contributed by atoms with Crippen LogP contribution in [0.2, 0.25) is 0 Å². The number of fused-ring (bicyclic) bond motifs is 1. The van der Waals surface area contributed by atoms with E-state index in [0.717, 1.165) is 61.2 Å². The molecule has 1 fully saturated rings. The second-order valence-corrected chi connectivity index (χ2v) is 10.5. The molecule has 0 bridgehead atoms. The highest BCUT2D eigenvalue weighted by atomic mass is 16.6. The summed E-state index contributed by atoms with van der Waals surface area (Å²) < 4.78 is 7.89. The van der Waals surface area contributed by atoms with E-state index < -0.39 is 5.60 Å². The van der Waals surface area contributed by atoms with Gasteiger partial charge >= 0.3 is 6.09 Å². The summed E-state index contributed by atoms with van der Waals surface area (Å²) in [6.07, 6.45) is 2.66. The molecular weight excluding hydrogens is 361 g/mol. The van der Waals surface area contributed by atoms with Gasteiger partial charge in [0, 0.05) is 26.1 Å². The molecule has 0 atom stereocenters. The van der Waals surface area contributed by atoms with E-state index in [1.165, 1.54) is 0 Å². The molecule has 2 heterocycles. The normalized spacial score (nSPS) is 16.4. The lowest BCUT2D eigenvalue weighted by atomic mass is 9.91. The fourth-order valence-electron chi connectivity index (χ4n) is 3.89. The molecule has 5 nitrogen and oxygen atoms in total. The number of nitrogens with zero attached hydrogens (tertiary/aromatic N) is 3. The van der Waals surface area contributed by atoms with Crippen molar-refractivity contribution in [1.29, 1.82) is 0 Å². The van der Waals surface area contributed by atoms with Gasteiger partial charge < -0.3 is 14.2 Å². The summed E-state index contributed by atoms with van der Waals surface area (Å²) >= 11 is 0. The average molecular weight is 395 g/mol. The quantitative estimate of drug-likeness (QED) is 0.737. The molecule has 0 spiro atoms. The maximum Gasteiger partial charge on any atom is 0.410 e. The van der Waals surface area contributed by atoms with Gasteiger partial charge in [-0.25, -0.2) is 9.78 Å². The summed E-state index contributed by atoms with van der Waals surface area (Å²) in [5, 5.41) is 0. The Kier molecular flexibility index (Phi) is 6.02. The highest BCUT2D eigenvalue weighted by Gasteiger charge is 2.28. The molecular formula is C23H34BN3O2. The smallest absolute Gasteiger partial charge is 0.410 e. The standard InChI is InChI=1S/C23H34BN3O2/c1-22(2,3)14-20-25-18-13-17(24)7-8-19(18)27(20)15-16-9-11-26(12-10-16)21(28)29-23(4,5)6/h7-8,13,16H,9-12,14-15H2,1-6H3. The molecule has 6 heteroatoms. The minimum atomic E-state index is -0.451. The molecule has 1 amide bonds. The van der Waals surface area contributed by atoms with Gasteiger partial charge in [0.2, 0.25) is 0 Å². The van der Waals surface area contributed by atoms with E-state index in [1.54, 1.807) is 0 Å². The molecule has 0 unspecified atom stereocenters. The molecule has 0 saturated carbocycles. The maximum atomic E-state index is 12.3. The molecule has 3 rings (SSSR count). The summed E-state index contributed by atoms with van der Waals surface area (Å²) in [4.78, 5) is 19.1. The second-order valence-electron chi connectivity index (χ2n) is 10.5. The number of rotatable bonds is 3. The van der Waals surface area contributed by atoms with Crippen LogP contribution < -0.4 is 5.46 Å². The van der Waals surface area contributed by atoms with Crippen LogP contribution >= 0.6 is 0 Å². The Hall–Kier alpha value is -1.98. The summed E-state index contributed by atoms with van der Waals surface area (Å²) in [7, 11) is 5.98. The number of amides is 1. The van der Waals surface area contributed by atoms with E-state index >= 15 is 0 Å². The van der Waals surface area contributed by atoms with Gasteiger partial charge in [-0.2, -0.15) is 0 Å². The summed E-state index contributed by atoms with van der Waals surface area (Å²) in [5.74, 6) is 1.63. The van der Waals surface area contributed by atoms with Crippen LogP contribution in [0.3, 0.4) is 0 Å². The number of imidazole rings is 1. The molecule has 1 aromatic carbocycles. The highest BCUT2D eigenvalue weighted by Crippen LogP contribution is 2.27.